The van der Waals surface area contributed by atoms with E-state index in [0.29, 0.717) is 0 Å². The molecule has 1 heterocycles. The van der Waals surface area contributed by atoms with Crippen molar-refractivity contribution in [2.75, 3.05) is 0 Å². The third-order valence-electron chi connectivity index (χ3n) is 4.22. The fourth-order valence-electron chi connectivity index (χ4n) is 2.69. The molecule has 0 amide bonds. The Morgan fingerprint density at radius 3 is 1.48 bits per heavy atom. The molecule has 0 atom stereocenters. The Morgan fingerprint density at radius 1 is 0.519 bits per heavy atom. The molecule has 0 fully saturated rings. The van der Waals surface area contributed by atoms with Crippen LogP contribution in [0, 0.1) is 20.8 Å². The van der Waals surface area contributed by atoms with Gasteiger partial charge in [-0.05, 0) is 62.7 Å². The van der Waals surface area contributed by atoms with E-state index in [1.165, 1.54) is 26.1 Å². The van der Waals surface area contributed by atoms with Crippen LogP contribution in [0.4, 0.5) is 11.4 Å². The lowest BCUT2D eigenvalue weighted by Gasteiger charge is -2.00. The van der Waals surface area contributed by atoms with Crippen molar-refractivity contribution in [3.8, 4) is 0 Å². The molecule has 4 rings (SSSR count). The molecule has 0 spiro atoms. The van der Waals surface area contributed by atoms with Crippen molar-refractivity contribution in [3.05, 3.63) is 92.8 Å². The van der Waals surface area contributed by atoms with Crippen molar-refractivity contribution >= 4 is 43.4 Å². The van der Waals surface area contributed by atoms with Crippen LogP contribution in [0.25, 0.3) is 9.40 Å². The van der Waals surface area contributed by atoms with Crippen molar-refractivity contribution in [3.63, 3.8) is 0 Å². The van der Waals surface area contributed by atoms with E-state index in [2.05, 4.69) is 87.5 Å². The summed E-state index contributed by atoms with van der Waals surface area (Å²) in [6.07, 6.45) is 0. The van der Waals surface area contributed by atoms with E-state index in [1.807, 2.05) is 0 Å². The summed E-state index contributed by atoms with van der Waals surface area (Å²) in [6, 6.07) is 23.1. The number of benzene rings is 3. The molecule has 4 aromatic rings. The molecule has 0 N–H and O–H groups in total. The van der Waals surface area contributed by atoms with Gasteiger partial charge in [0.05, 0.1) is 11.4 Å². The van der Waals surface area contributed by atoms with Gasteiger partial charge in [0.1, 0.15) is 0 Å². The largest absolute Gasteiger partial charge is 0.235 e. The summed E-state index contributed by atoms with van der Waals surface area (Å²) >= 11 is 3.39. The van der Waals surface area contributed by atoms with E-state index in [1.54, 1.807) is 22.7 Å². The summed E-state index contributed by atoms with van der Waals surface area (Å²) in [4.78, 5) is 9.81. The Balaban J connectivity index is 1.98. The van der Waals surface area contributed by atoms with Crippen molar-refractivity contribution in [2.24, 2.45) is 9.98 Å². The van der Waals surface area contributed by atoms with Gasteiger partial charge in [-0.25, -0.2) is 9.98 Å². The van der Waals surface area contributed by atoms with E-state index in [9.17, 15) is 0 Å². The number of fused-ring (bicyclic) bond motifs is 1. The standard InChI is InChI=1S/C23H20N2S2/c1-15-4-9-18(10-5-15)24-22-23(25-19-11-6-16(2)7-12-19)27-21-14-17(3)8-13-20(21)26-22/h4-14H,1-3H3. The zero-order chi connectivity index (χ0) is 18.8. The number of nitrogens with zero attached hydrogens (tertiary/aromatic N) is 2. The average molecular weight is 389 g/mol. The second-order valence-corrected chi connectivity index (χ2v) is 8.72. The van der Waals surface area contributed by atoms with Crippen LogP contribution in [0.15, 0.2) is 76.7 Å². The van der Waals surface area contributed by atoms with Gasteiger partial charge in [-0.1, -0.05) is 41.5 Å². The molecule has 134 valence electrons. The van der Waals surface area contributed by atoms with Gasteiger partial charge in [-0.3, -0.25) is 0 Å². The Labute approximate surface area is 166 Å². The van der Waals surface area contributed by atoms with Gasteiger partial charge in [0.2, 0.25) is 0 Å². The molecule has 0 aliphatic carbocycles. The SMILES string of the molecule is Cc1ccc(N=c2sc3ccc(C)cc3sc2=Nc2ccc(C)cc2)cc1. The Hall–Kier alpha value is -2.56. The molecule has 0 aliphatic rings. The number of rotatable bonds is 2. The van der Waals surface area contributed by atoms with Crippen LogP contribution >= 0.6 is 22.7 Å². The van der Waals surface area contributed by atoms with Gasteiger partial charge < -0.3 is 0 Å². The van der Waals surface area contributed by atoms with E-state index in [-0.39, 0.29) is 0 Å². The Bertz CT molecular complexity index is 1230. The zero-order valence-corrected chi connectivity index (χ0v) is 17.2. The zero-order valence-electron chi connectivity index (χ0n) is 15.6. The highest BCUT2D eigenvalue weighted by molar-refractivity contribution is 7.25. The van der Waals surface area contributed by atoms with Gasteiger partial charge in [0.15, 0.2) is 9.34 Å². The lowest BCUT2D eigenvalue weighted by atomic mass is 10.2. The molecular weight excluding hydrogens is 368 g/mol. The number of hydrogen-bond donors (Lipinski definition) is 0. The van der Waals surface area contributed by atoms with Gasteiger partial charge >= 0.3 is 0 Å². The Kier molecular flexibility index (Phi) is 5.01. The maximum atomic E-state index is 4.91. The van der Waals surface area contributed by atoms with Crippen LogP contribution in [0.2, 0.25) is 0 Å². The molecule has 0 saturated heterocycles. The molecule has 0 unspecified atom stereocenters. The van der Waals surface area contributed by atoms with Crippen LogP contribution in [0.3, 0.4) is 0 Å². The van der Waals surface area contributed by atoms with Gasteiger partial charge in [0.25, 0.3) is 0 Å². The minimum Gasteiger partial charge on any atom is -0.235 e. The average Bonchev–Trinajstić information content (AvgIpc) is 2.66. The highest BCUT2D eigenvalue weighted by Gasteiger charge is 2.01. The van der Waals surface area contributed by atoms with Crippen molar-refractivity contribution in [1.82, 2.24) is 0 Å². The molecule has 0 saturated carbocycles. The maximum Gasteiger partial charge on any atom is 0.153 e. The first kappa shape index (κ1) is 17.8. The van der Waals surface area contributed by atoms with Crippen LogP contribution in [0.1, 0.15) is 16.7 Å². The predicted octanol–water partition coefficient (Wildman–Crippen LogP) is 6.35. The highest BCUT2D eigenvalue weighted by Crippen LogP contribution is 2.21. The van der Waals surface area contributed by atoms with Gasteiger partial charge in [-0.15, -0.1) is 22.7 Å². The van der Waals surface area contributed by atoms with Crippen LogP contribution in [-0.2, 0) is 0 Å². The maximum absolute atomic E-state index is 4.91. The van der Waals surface area contributed by atoms with Crippen molar-refractivity contribution < 1.29 is 0 Å². The minimum atomic E-state index is 0.945. The third-order valence-corrected chi connectivity index (χ3v) is 6.57. The predicted molar refractivity (Wildman–Crippen MR) is 117 cm³/mol. The summed E-state index contributed by atoms with van der Waals surface area (Å²) in [5, 5.41) is 0. The molecule has 0 aliphatic heterocycles. The number of aryl methyl sites for hydroxylation is 3. The van der Waals surface area contributed by atoms with Crippen LogP contribution < -0.4 is 9.34 Å². The van der Waals surface area contributed by atoms with Crippen LogP contribution in [0.5, 0.6) is 0 Å². The molecular formula is C23H20N2S2. The van der Waals surface area contributed by atoms with Gasteiger partial charge in [0, 0.05) is 9.40 Å². The molecule has 2 nitrogen and oxygen atoms in total. The molecule has 0 bridgehead atoms. The topological polar surface area (TPSA) is 24.7 Å². The monoisotopic (exact) mass is 388 g/mol. The molecule has 4 heteroatoms. The first-order valence-corrected chi connectivity index (χ1v) is 10.5. The van der Waals surface area contributed by atoms with Crippen molar-refractivity contribution in [2.45, 2.75) is 20.8 Å². The summed E-state index contributed by atoms with van der Waals surface area (Å²) in [5.74, 6) is 0. The Morgan fingerprint density at radius 2 is 0.963 bits per heavy atom. The second kappa shape index (κ2) is 7.59. The van der Waals surface area contributed by atoms with E-state index < -0.39 is 0 Å². The molecule has 3 aromatic carbocycles. The van der Waals surface area contributed by atoms with E-state index in [4.69, 9.17) is 9.98 Å². The number of hydrogen-bond acceptors (Lipinski definition) is 4. The molecule has 0 radical (unpaired) electrons. The minimum absolute atomic E-state index is 0.945. The smallest absolute Gasteiger partial charge is 0.153 e. The summed E-state index contributed by atoms with van der Waals surface area (Å²) in [7, 11) is 0. The highest BCUT2D eigenvalue weighted by atomic mass is 32.1. The summed E-state index contributed by atoms with van der Waals surface area (Å²) in [6.45, 7) is 6.30. The quantitative estimate of drug-likeness (QED) is 0.382. The van der Waals surface area contributed by atoms with Crippen molar-refractivity contribution in [1.29, 1.82) is 0 Å². The normalized spacial score (nSPS) is 12.7. The third kappa shape index (κ3) is 4.24. The van der Waals surface area contributed by atoms with Crippen LogP contribution in [-0.4, -0.2) is 0 Å². The lowest BCUT2D eigenvalue weighted by Crippen LogP contribution is -2.19. The summed E-state index contributed by atoms with van der Waals surface area (Å²) in [5.41, 5.74) is 5.64. The fourth-order valence-corrected chi connectivity index (χ4v) is 4.88. The van der Waals surface area contributed by atoms with E-state index >= 15 is 0 Å². The fraction of sp³-hybridized carbons (Fsp3) is 0.130. The van der Waals surface area contributed by atoms with Gasteiger partial charge in [-0.2, -0.15) is 0 Å². The second-order valence-electron chi connectivity index (χ2n) is 6.66. The van der Waals surface area contributed by atoms with E-state index in [0.717, 1.165) is 20.7 Å². The lowest BCUT2D eigenvalue weighted by molar-refractivity contribution is 1.31. The first-order valence-electron chi connectivity index (χ1n) is 8.84. The molecule has 1 aromatic heterocycles. The first-order chi connectivity index (χ1) is 13.1. The molecule has 27 heavy (non-hydrogen) atoms. The summed E-state index contributed by atoms with van der Waals surface area (Å²) < 4.78 is 4.37.